The number of quaternary nitrogens is 1. The Hall–Kier alpha value is -0.500. The van der Waals surface area contributed by atoms with Crippen LogP contribution in [0.2, 0.25) is 0 Å². The Morgan fingerprint density at radius 1 is 0.456 bits per heavy atom. The molecule has 0 aromatic carbocycles. The van der Waals surface area contributed by atoms with Crippen LogP contribution in [0.1, 0.15) is 322 Å². The van der Waals surface area contributed by atoms with E-state index in [0.717, 1.165) is 38.5 Å². The molecule has 408 valence electrons. The molecule has 0 fully saturated rings. The number of phosphoric ester groups is 1. The van der Waals surface area contributed by atoms with Crippen LogP contribution in [-0.4, -0.2) is 68.5 Å². The number of phosphoric acid groups is 1. The second-order valence-electron chi connectivity index (χ2n) is 22.4. The molecule has 0 rings (SSSR count). The first-order valence-corrected chi connectivity index (χ1v) is 31.8. The topological polar surface area (TPSA) is 108 Å². The number of amides is 1. The van der Waals surface area contributed by atoms with Crippen LogP contribution in [0.25, 0.3) is 0 Å². The van der Waals surface area contributed by atoms with Gasteiger partial charge in [-0.2, -0.15) is 0 Å². The third kappa shape index (κ3) is 53.3. The van der Waals surface area contributed by atoms with E-state index < -0.39 is 20.0 Å². The molecule has 3 unspecified atom stereocenters. The van der Waals surface area contributed by atoms with Gasteiger partial charge in [-0.1, -0.05) is 303 Å². The molecule has 0 aromatic rings. The van der Waals surface area contributed by atoms with Crippen LogP contribution >= 0.6 is 7.82 Å². The highest BCUT2D eigenvalue weighted by Gasteiger charge is 2.24. The maximum Gasteiger partial charge on any atom is 0.268 e. The molecule has 0 saturated carbocycles. The Balaban J connectivity index is 4.06. The number of nitrogens with zero attached hydrogens (tertiary/aromatic N) is 1. The van der Waals surface area contributed by atoms with Crippen LogP contribution in [0.15, 0.2) is 0 Å². The van der Waals surface area contributed by atoms with Crippen LogP contribution in [-0.2, 0) is 18.4 Å². The zero-order valence-electron chi connectivity index (χ0n) is 46.6. The van der Waals surface area contributed by atoms with Crippen molar-refractivity contribution in [3.05, 3.63) is 0 Å². The molecular weight excluding hydrogens is 864 g/mol. The van der Waals surface area contributed by atoms with Crippen LogP contribution in [0, 0.1) is 0 Å². The van der Waals surface area contributed by atoms with Gasteiger partial charge in [-0.05, 0) is 12.8 Å². The van der Waals surface area contributed by atoms with Crippen molar-refractivity contribution in [2.24, 2.45) is 0 Å². The van der Waals surface area contributed by atoms with Gasteiger partial charge in [-0.15, -0.1) is 0 Å². The van der Waals surface area contributed by atoms with Gasteiger partial charge in [0.05, 0.1) is 39.9 Å². The molecule has 68 heavy (non-hydrogen) atoms. The maximum atomic E-state index is 13.0. The molecule has 1 amide bonds. The normalized spacial score (nSPS) is 13.8. The average Bonchev–Trinajstić information content (AvgIpc) is 3.30. The highest BCUT2D eigenvalue weighted by molar-refractivity contribution is 7.45. The fourth-order valence-electron chi connectivity index (χ4n) is 9.57. The average molecular weight is 986 g/mol. The molecule has 0 aliphatic rings. The quantitative estimate of drug-likeness (QED) is 0.0357. The SMILES string of the molecule is CCCCCCCCCCCCCCCCCCCCCCCCCCCCCC(=O)NC(COP(=O)([O-])OCC[N+](C)(C)C)C(O)CCCCCCCCCCCCCCCCCCCCC. The summed E-state index contributed by atoms with van der Waals surface area (Å²) in [4.78, 5) is 25.6. The molecule has 2 N–H and O–H groups in total. The van der Waals surface area contributed by atoms with Crippen LogP contribution in [0.4, 0.5) is 0 Å². The molecule has 0 radical (unpaired) electrons. The summed E-state index contributed by atoms with van der Waals surface area (Å²) in [6.07, 6.45) is 61.4. The number of hydrogen-bond acceptors (Lipinski definition) is 6. The Morgan fingerprint density at radius 2 is 0.721 bits per heavy atom. The minimum atomic E-state index is -4.57. The fraction of sp³-hybridized carbons (Fsp3) is 0.983. The number of carbonyl (C=O) groups is 1. The van der Waals surface area contributed by atoms with Gasteiger partial charge in [-0.3, -0.25) is 9.36 Å². The highest BCUT2D eigenvalue weighted by atomic mass is 31.2. The van der Waals surface area contributed by atoms with Crippen LogP contribution < -0.4 is 10.2 Å². The lowest BCUT2D eigenvalue weighted by molar-refractivity contribution is -0.870. The lowest BCUT2D eigenvalue weighted by Crippen LogP contribution is -2.46. The summed E-state index contributed by atoms with van der Waals surface area (Å²) in [6.45, 7) is 4.78. The largest absolute Gasteiger partial charge is 0.756 e. The Bertz CT molecular complexity index is 1070. The highest BCUT2D eigenvalue weighted by Crippen LogP contribution is 2.38. The van der Waals surface area contributed by atoms with Crippen molar-refractivity contribution < 1.29 is 32.9 Å². The second-order valence-corrected chi connectivity index (χ2v) is 23.8. The molecule has 9 heteroatoms. The lowest BCUT2D eigenvalue weighted by atomic mass is 10.0. The van der Waals surface area contributed by atoms with E-state index in [1.807, 2.05) is 21.1 Å². The third-order valence-corrected chi connectivity index (χ3v) is 15.3. The van der Waals surface area contributed by atoms with Gasteiger partial charge in [0.1, 0.15) is 13.2 Å². The van der Waals surface area contributed by atoms with Gasteiger partial charge in [0.15, 0.2) is 0 Å². The molecule has 0 saturated heterocycles. The van der Waals surface area contributed by atoms with Gasteiger partial charge in [0.25, 0.3) is 7.82 Å². The Labute approximate surface area is 425 Å². The summed E-state index contributed by atoms with van der Waals surface area (Å²) in [5.41, 5.74) is 0. The first-order valence-electron chi connectivity index (χ1n) is 30.4. The first-order chi connectivity index (χ1) is 33.0. The van der Waals surface area contributed by atoms with E-state index in [0.29, 0.717) is 23.9 Å². The molecule has 0 aliphatic heterocycles. The van der Waals surface area contributed by atoms with E-state index in [1.165, 1.54) is 257 Å². The van der Waals surface area contributed by atoms with E-state index in [1.54, 1.807) is 0 Å². The van der Waals surface area contributed by atoms with Crippen molar-refractivity contribution >= 4 is 13.7 Å². The van der Waals surface area contributed by atoms with Gasteiger partial charge >= 0.3 is 0 Å². The zero-order chi connectivity index (χ0) is 49.9. The zero-order valence-corrected chi connectivity index (χ0v) is 47.5. The number of nitrogens with one attached hydrogen (secondary N) is 1. The standard InChI is InChI=1S/C59H121N2O6P/c1-6-8-10-12-14-16-18-20-22-24-26-27-28-29-30-31-32-33-35-37-39-41-43-45-47-49-51-53-59(63)60-57(56-67-68(64,65)66-55-54-61(3,4)5)58(62)52-50-48-46-44-42-40-38-36-34-25-23-21-19-17-15-13-11-9-7-2/h57-58,62H,6-56H2,1-5H3,(H-,60,63,64,65). The number of aliphatic hydroxyl groups is 1. The summed E-state index contributed by atoms with van der Waals surface area (Å²) in [5, 5.41) is 14.0. The Kier molecular flexibility index (Phi) is 51.0. The number of likely N-dealkylation sites (N-methyl/N-ethyl adjacent to an activating group) is 1. The summed E-state index contributed by atoms with van der Waals surface area (Å²) < 4.78 is 23.5. The van der Waals surface area contributed by atoms with Crippen molar-refractivity contribution in [2.75, 3.05) is 40.9 Å². The second kappa shape index (κ2) is 51.4. The number of rotatable bonds is 57. The first kappa shape index (κ1) is 67.5. The molecule has 8 nitrogen and oxygen atoms in total. The molecule has 0 bridgehead atoms. The summed E-state index contributed by atoms with van der Waals surface area (Å²) >= 11 is 0. The summed E-state index contributed by atoms with van der Waals surface area (Å²) in [5.74, 6) is -0.155. The minimum absolute atomic E-state index is 0.0167. The van der Waals surface area contributed by atoms with E-state index in [2.05, 4.69) is 19.2 Å². The predicted molar refractivity (Wildman–Crippen MR) is 293 cm³/mol. The smallest absolute Gasteiger partial charge is 0.268 e. The number of carbonyl (C=O) groups excluding carboxylic acids is 1. The molecule has 3 atom stereocenters. The van der Waals surface area contributed by atoms with Gasteiger partial charge < -0.3 is 28.8 Å². The molecule has 0 spiro atoms. The Morgan fingerprint density at radius 3 is 1.00 bits per heavy atom. The third-order valence-electron chi connectivity index (χ3n) is 14.3. The monoisotopic (exact) mass is 985 g/mol. The lowest BCUT2D eigenvalue weighted by Gasteiger charge is -2.30. The summed E-state index contributed by atoms with van der Waals surface area (Å²) in [7, 11) is 1.33. The van der Waals surface area contributed by atoms with Crippen molar-refractivity contribution in [1.82, 2.24) is 5.32 Å². The predicted octanol–water partition coefficient (Wildman–Crippen LogP) is 17.8. The fourth-order valence-corrected chi connectivity index (χ4v) is 10.3. The molecule has 0 aliphatic carbocycles. The van der Waals surface area contributed by atoms with E-state index in [9.17, 15) is 19.4 Å². The minimum Gasteiger partial charge on any atom is -0.756 e. The van der Waals surface area contributed by atoms with Crippen molar-refractivity contribution in [3.63, 3.8) is 0 Å². The van der Waals surface area contributed by atoms with Crippen molar-refractivity contribution in [1.29, 1.82) is 0 Å². The molecule has 0 aromatic heterocycles. The van der Waals surface area contributed by atoms with Gasteiger partial charge in [0.2, 0.25) is 5.91 Å². The van der Waals surface area contributed by atoms with E-state index in [-0.39, 0.29) is 19.1 Å². The number of aliphatic hydroxyl groups excluding tert-OH is 1. The van der Waals surface area contributed by atoms with E-state index in [4.69, 9.17) is 9.05 Å². The van der Waals surface area contributed by atoms with Crippen molar-refractivity contribution in [2.45, 2.75) is 334 Å². The summed E-state index contributed by atoms with van der Waals surface area (Å²) in [6, 6.07) is -0.795. The van der Waals surface area contributed by atoms with Gasteiger partial charge in [-0.25, -0.2) is 0 Å². The maximum absolute atomic E-state index is 13.0. The number of hydrogen-bond donors (Lipinski definition) is 2. The van der Waals surface area contributed by atoms with Crippen LogP contribution in [0.3, 0.4) is 0 Å². The number of unbranched alkanes of at least 4 members (excludes halogenated alkanes) is 44. The molecule has 0 heterocycles. The molecular formula is C59H121N2O6P. The van der Waals surface area contributed by atoms with E-state index >= 15 is 0 Å². The van der Waals surface area contributed by atoms with Crippen LogP contribution in [0.5, 0.6) is 0 Å². The van der Waals surface area contributed by atoms with Crippen molar-refractivity contribution in [3.8, 4) is 0 Å². The van der Waals surface area contributed by atoms with Gasteiger partial charge in [0, 0.05) is 6.42 Å².